The second-order valence-electron chi connectivity index (χ2n) is 4.72. The first-order valence-electron chi connectivity index (χ1n) is 6.58. The lowest BCUT2D eigenvalue weighted by atomic mass is 10.3. The first-order chi connectivity index (χ1) is 10.8. The van der Waals surface area contributed by atoms with E-state index in [1.165, 1.54) is 42.5 Å². The number of hydrogen-bond donors (Lipinski definition) is 2. The molecule has 5 nitrogen and oxygen atoms in total. The first-order valence-corrected chi connectivity index (χ1v) is 10.0. The van der Waals surface area contributed by atoms with Crippen LogP contribution in [-0.2, 0) is 21.4 Å². The summed E-state index contributed by atoms with van der Waals surface area (Å²) < 4.78 is 27.7. The molecule has 2 N–H and O–H groups in total. The van der Waals surface area contributed by atoms with Gasteiger partial charge in [-0.3, -0.25) is 4.79 Å². The highest BCUT2D eigenvalue weighted by atomic mass is 79.9. The molecule has 124 valence electrons. The van der Waals surface area contributed by atoms with Gasteiger partial charge in [0.15, 0.2) is 0 Å². The number of nitrogens with one attached hydrogen (secondary N) is 2. The van der Waals surface area contributed by atoms with Crippen LogP contribution in [0.1, 0.15) is 11.8 Å². The van der Waals surface area contributed by atoms with Gasteiger partial charge < -0.3 is 5.32 Å². The van der Waals surface area contributed by atoms with Crippen LogP contribution >= 0.6 is 38.9 Å². The number of rotatable bonds is 6. The Bertz CT molecular complexity index is 791. The second-order valence-corrected chi connectivity index (χ2v) is 9.42. The van der Waals surface area contributed by atoms with E-state index in [4.69, 9.17) is 11.6 Å². The van der Waals surface area contributed by atoms with Crippen molar-refractivity contribution in [1.82, 2.24) is 10.0 Å². The Morgan fingerprint density at radius 1 is 1.26 bits per heavy atom. The molecule has 9 heteroatoms. The summed E-state index contributed by atoms with van der Waals surface area (Å²) in [5, 5.41) is 3.14. The van der Waals surface area contributed by atoms with Crippen LogP contribution in [0.25, 0.3) is 0 Å². The Morgan fingerprint density at radius 3 is 2.48 bits per heavy atom. The maximum absolute atomic E-state index is 12.2. The minimum atomic E-state index is -3.77. The first kappa shape index (κ1) is 18.4. The Labute approximate surface area is 152 Å². The highest BCUT2D eigenvalue weighted by Crippen LogP contribution is 2.21. The minimum absolute atomic E-state index is 0.0590. The quantitative estimate of drug-likeness (QED) is 0.729. The highest BCUT2D eigenvalue weighted by molar-refractivity contribution is 9.11. The molecule has 2 rings (SSSR count). The van der Waals surface area contributed by atoms with Gasteiger partial charge in [0.1, 0.15) is 0 Å². The van der Waals surface area contributed by atoms with Crippen LogP contribution in [0.4, 0.5) is 0 Å². The van der Waals surface area contributed by atoms with Crippen molar-refractivity contribution in [2.75, 3.05) is 0 Å². The highest BCUT2D eigenvalue weighted by Gasteiger charge is 2.21. The van der Waals surface area contributed by atoms with Gasteiger partial charge in [0.05, 0.1) is 21.3 Å². The fraction of sp³-hybridized carbons (Fsp3) is 0.214. The molecule has 0 saturated carbocycles. The zero-order valence-electron chi connectivity index (χ0n) is 12.0. The van der Waals surface area contributed by atoms with Crippen molar-refractivity contribution >= 4 is 54.8 Å². The monoisotopic (exact) mass is 436 g/mol. The van der Waals surface area contributed by atoms with Crippen molar-refractivity contribution in [3.63, 3.8) is 0 Å². The summed E-state index contributed by atoms with van der Waals surface area (Å²) >= 11 is 10.6. The van der Waals surface area contributed by atoms with E-state index in [9.17, 15) is 13.2 Å². The Kier molecular flexibility index (Phi) is 6.21. The van der Waals surface area contributed by atoms with Crippen molar-refractivity contribution < 1.29 is 13.2 Å². The fourth-order valence-corrected chi connectivity index (χ4v) is 4.49. The largest absolute Gasteiger partial charge is 0.350 e. The van der Waals surface area contributed by atoms with Gasteiger partial charge in [-0.2, -0.15) is 4.72 Å². The van der Waals surface area contributed by atoms with Gasteiger partial charge >= 0.3 is 0 Å². The van der Waals surface area contributed by atoms with Crippen LogP contribution in [0.15, 0.2) is 45.1 Å². The van der Waals surface area contributed by atoms with E-state index in [1.54, 1.807) is 0 Å². The predicted molar refractivity (Wildman–Crippen MR) is 95.1 cm³/mol. The van der Waals surface area contributed by atoms with E-state index in [-0.39, 0.29) is 4.90 Å². The molecular weight excluding hydrogens is 424 g/mol. The van der Waals surface area contributed by atoms with Crippen LogP contribution in [-0.4, -0.2) is 20.4 Å². The third kappa shape index (κ3) is 5.29. The summed E-state index contributed by atoms with van der Waals surface area (Å²) in [6.45, 7) is 1.84. The van der Waals surface area contributed by atoms with Crippen LogP contribution in [0.2, 0.25) is 5.02 Å². The van der Waals surface area contributed by atoms with Gasteiger partial charge in [-0.15, -0.1) is 11.3 Å². The summed E-state index contributed by atoms with van der Waals surface area (Å²) in [5.41, 5.74) is 0. The number of carbonyl (C=O) groups is 1. The lowest BCUT2D eigenvalue weighted by Crippen LogP contribution is -2.44. The molecule has 1 aromatic heterocycles. The Balaban J connectivity index is 1.95. The number of thiophene rings is 1. The molecule has 0 aliphatic rings. The molecule has 1 aromatic carbocycles. The summed E-state index contributed by atoms with van der Waals surface area (Å²) in [4.78, 5) is 13.0. The number of benzene rings is 1. The molecule has 0 bridgehead atoms. The van der Waals surface area contributed by atoms with Crippen molar-refractivity contribution in [3.8, 4) is 0 Å². The van der Waals surface area contributed by atoms with Crippen molar-refractivity contribution in [3.05, 3.63) is 50.1 Å². The molecule has 0 saturated heterocycles. The number of halogens is 2. The number of carbonyl (C=O) groups excluding carboxylic acids is 1. The third-order valence-electron chi connectivity index (χ3n) is 2.91. The molecule has 2 aromatic rings. The fourth-order valence-electron chi connectivity index (χ4n) is 1.74. The van der Waals surface area contributed by atoms with Gasteiger partial charge in [-0.25, -0.2) is 8.42 Å². The zero-order chi connectivity index (χ0) is 17.0. The molecule has 0 spiro atoms. The summed E-state index contributed by atoms with van der Waals surface area (Å²) in [6, 6.07) is 8.62. The summed E-state index contributed by atoms with van der Waals surface area (Å²) in [7, 11) is -3.77. The lowest BCUT2D eigenvalue weighted by molar-refractivity contribution is -0.122. The van der Waals surface area contributed by atoms with E-state index in [1.807, 2.05) is 12.1 Å². The maximum atomic E-state index is 12.2. The number of amides is 1. The summed E-state index contributed by atoms with van der Waals surface area (Å²) in [5.74, 6) is -0.396. The molecular formula is C14H14BrClN2O3S2. The number of sulfonamides is 1. The number of hydrogen-bond acceptors (Lipinski definition) is 4. The molecule has 0 fully saturated rings. The van der Waals surface area contributed by atoms with Gasteiger partial charge in [-0.1, -0.05) is 11.6 Å². The van der Waals surface area contributed by atoms with Gasteiger partial charge in [0.25, 0.3) is 0 Å². The molecule has 1 atom stereocenters. The van der Waals surface area contributed by atoms with Gasteiger partial charge in [0, 0.05) is 9.90 Å². The smallest absolute Gasteiger partial charge is 0.241 e. The van der Waals surface area contributed by atoms with Crippen molar-refractivity contribution in [2.24, 2.45) is 0 Å². The molecule has 0 unspecified atom stereocenters. The van der Waals surface area contributed by atoms with Crippen LogP contribution in [0.5, 0.6) is 0 Å². The van der Waals surface area contributed by atoms with E-state index in [2.05, 4.69) is 26.0 Å². The Morgan fingerprint density at radius 2 is 1.91 bits per heavy atom. The molecule has 23 heavy (non-hydrogen) atoms. The summed E-state index contributed by atoms with van der Waals surface area (Å²) in [6.07, 6.45) is 0. The predicted octanol–water partition coefficient (Wildman–Crippen LogP) is 3.15. The average Bonchev–Trinajstić information content (AvgIpc) is 2.90. The van der Waals surface area contributed by atoms with Gasteiger partial charge in [-0.05, 0) is 59.3 Å². The van der Waals surface area contributed by atoms with Crippen molar-refractivity contribution in [2.45, 2.75) is 24.4 Å². The van der Waals surface area contributed by atoms with E-state index in [0.717, 1.165) is 8.66 Å². The molecule has 1 amide bonds. The van der Waals surface area contributed by atoms with E-state index < -0.39 is 22.0 Å². The molecule has 0 radical (unpaired) electrons. The molecule has 0 aliphatic heterocycles. The minimum Gasteiger partial charge on any atom is -0.350 e. The van der Waals surface area contributed by atoms with Crippen molar-refractivity contribution in [1.29, 1.82) is 0 Å². The average molecular weight is 438 g/mol. The normalized spacial score (nSPS) is 12.8. The molecule has 0 aliphatic carbocycles. The maximum Gasteiger partial charge on any atom is 0.241 e. The lowest BCUT2D eigenvalue weighted by Gasteiger charge is -2.14. The van der Waals surface area contributed by atoms with Crippen LogP contribution < -0.4 is 10.0 Å². The Hall–Kier alpha value is -0.930. The van der Waals surface area contributed by atoms with E-state index >= 15 is 0 Å². The van der Waals surface area contributed by atoms with Gasteiger partial charge in [0.2, 0.25) is 15.9 Å². The van der Waals surface area contributed by atoms with E-state index in [0.29, 0.717) is 11.6 Å². The second kappa shape index (κ2) is 7.76. The topological polar surface area (TPSA) is 75.3 Å². The SMILES string of the molecule is C[C@H](NS(=O)(=O)c1ccc(Cl)cc1)C(=O)NCc1ccc(Br)s1. The third-order valence-corrected chi connectivity index (χ3v) is 6.35. The zero-order valence-corrected chi connectivity index (χ0v) is 16.0. The van der Waals surface area contributed by atoms with Crippen LogP contribution in [0, 0.1) is 0 Å². The van der Waals surface area contributed by atoms with Crippen LogP contribution in [0.3, 0.4) is 0 Å². The standard InChI is InChI=1S/C14H14BrClN2O3S2/c1-9(14(19)17-8-11-4-7-13(15)22-11)18-23(20,21)12-5-2-10(16)3-6-12/h2-7,9,18H,8H2,1H3,(H,17,19)/t9-/m0/s1. The molecule has 1 heterocycles.